The van der Waals surface area contributed by atoms with Crippen LogP contribution in [-0.4, -0.2) is 23.0 Å². The molecule has 2 nitrogen and oxygen atoms in total. The van der Waals surface area contributed by atoms with Crippen molar-refractivity contribution in [1.82, 2.24) is 9.88 Å². The third kappa shape index (κ3) is 1.76. The average molecular weight is 212 g/mol. The van der Waals surface area contributed by atoms with E-state index in [-0.39, 0.29) is 0 Å². The van der Waals surface area contributed by atoms with Crippen LogP contribution in [0.3, 0.4) is 0 Å². The quantitative estimate of drug-likeness (QED) is 0.758. The molecule has 0 saturated carbocycles. The predicted octanol–water partition coefficient (Wildman–Crippen LogP) is 2.93. The number of nitrogens with one attached hydrogen (secondary N) is 1. The van der Waals surface area contributed by atoms with Gasteiger partial charge in [-0.1, -0.05) is 30.4 Å². The smallest absolute Gasteiger partial charge is 0.0457 e. The molecule has 2 heteroatoms. The van der Waals surface area contributed by atoms with Gasteiger partial charge in [-0.05, 0) is 18.1 Å². The Balaban J connectivity index is 1.86. The fourth-order valence-corrected chi connectivity index (χ4v) is 2.34. The summed E-state index contributed by atoms with van der Waals surface area (Å²) in [5, 5.41) is 1.36. The Labute approximate surface area is 95.6 Å². The monoisotopic (exact) mass is 212 g/mol. The Hall–Kier alpha value is -1.54. The highest BCUT2D eigenvalue weighted by molar-refractivity contribution is 5.82. The number of aromatic amines is 1. The summed E-state index contributed by atoms with van der Waals surface area (Å²) in [6.07, 6.45) is 7.86. The molecule has 1 N–H and O–H groups in total. The minimum absolute atomic E-state index is 1.05. The number of hydrogen-bond donors (Lipinski definition) is 1. The third-order valence-corrected chi connectivity index (χ3v) is 3.21. The van der Waals surface area contributed by atoms with Gasteiger partial charge in [0.05, 0.1) is 0 Å². The summed E-state index contributed by atoms with van der Waals surface area (Å²) in [6.45, 7) is 3.31. The summed E-state index contributed by atoms with van der Waals surface area (Å²) in [6, 6.07) is 8.51. The van der Waals surface area contributed by atoms with Crippen molar-refractivity contribution in [3.05, 3.63) is 48.2 Å². The standard InChI is InChI=1S/C14H16N2/c1-4-8-16(9-5-1)11-12-10-15-14-7-3-2-6-13(12)14/h1-4,6-7,10,15H,5,8-9,11H2. The van der Waals surface area contributed by atoms with Crippen LogP contribution in [-0.2, 0) is 6.54 Å². The summed E-state index contributed by atoms with van der Waals surface area (Å²) < 4.78 is 0. The van der Waals surface area contributed by atoms with Crippen molar-refractivity contribution in [2.24, 2.45) is 0 Å². The highest BCUT2D eigenvalue weighted by Gasteiger charge is 2.09. The molecule has 1 aliphatic rings. The van der Waals surface area contributed by atoms with Crippen LogP contribution in [0.25, 0.3) is 10.9 Å². The minimum atomic E-state index is 1.05. The first-order valence-corrected chi connectivity index (χ1v) is 5.86. The molecule has 2 heterocycles. The third-order valence-electron chi connectivity index (χ3n) is 3.21. The van der Waals surface area contributed by atoms with E-state index in [0.717, 1.165) is 13.1 Å². The molecule has 3 rings (SSSR count). The molecular weight excluding hydrogens is 196 g/mol. The van der Waals surface area contributed by atoms with E-state index in [0.29, 0.717) is 0 Å². The van der Waals surface area contributed by atoms with Crippen LogP contribution in [0.5, 0.6) is 0 Å². The van der Waals surface area contributed by atoms with Crippen molar-refractivity contribution in [3.63, 3.8) is 0 Å². The van der Waals surface area contributed by atoms with Crippen molar-refractivity contribution in [2.75, 3.05) is 13.1 Å². The highest BCUT2D eigenvalue weighted by Crippen LogP contribution is 2.19. The van der Waals surface area contributed by atoms with Crippen LogP contribution < -0.4 is 0 Å². The van der Waals surface area contributed by atoms with Crippen LogP contribution in [0.2, 0.25) is 0 Å². The van der Waals surface area contributed by atoms with Gasteiger partial charge in [0.15, 0.2) is 0 Å². The highest BCUT2D eigenvalue weighted by atomic mass is 15.1. The first kappa shape index (κ1) is 9.67. The number of nitrogens with zero attached hydrogens (tertiary/aromatic N) is 1. The zero-order valence-electron chi connectivity index (χ0n) is 9.32. The van der Waals surface area contributed by atoms with Gasteiger partial charge >= 0.3 is 0 Å². The summed E-state index contributed by atoms with van der Waals surface area (Å²) in [5.41, 5.74) is 2.65. The molecule has 0 atom stereocenters. The summed E-state index contributed by atoms with van der Waals surface area (Å²) in [4.78, 5) is 5.81. The first-order chi connectivity index (χ1) is 7.93. The summed E-state index contributed by atoms with van der Waals surface area (Å²) in [7, 11) is 0. The molecule has 2 aromatic rings. The summed E-state index contributed by atoms with van der Waals surface area (Å²) in [5.74, 6) is 0. The van der Waals surface area contributed by atoms with E-state index in [2.05, 4.69) is 52.5 Å². The fraction of sp³-hybridized carbons (Fsp3) is 0.286. The van der Waals surface area contributed by atoms with E-state index >= 15 is 0 Å². The number of H-pyrrole nitrogens is 1. The average Bonchev–Trinajstić information content (AvgIpc) is 2.74. The topological polar surface area (TPSA) is 19.0 Å². The van der Waals surface area contributed by atoms with Crippen molar-refractivity contribution < 1.29 is 0 Å². The van der Waals surface area contributed by atoms with Gasteiger partial charge in [-0.2, -0.15) is 0 Å². The zero-order chi connectivity index (χ0) is 10.8. The lowest BCUT2D eigenvalue weighted by molar-refractivity contribution is 0.292. The molecule has 82 valence electrons. The molecule has 0 aliphatic carbocycles. The van der Waals surface area contributed by atoms with Crippen LogP contribution in [0.4, 0.5) is 0 Å². The molecule has 0 spiro atoms. The number of hydrogen-bond acceptors (Lipinski definition) is 1. The molecule has 16 heavy (non-hydrogen) atoms. The van der Waals surface area contributed by atoms with Crippen molar-refractivity contribution in [1.29, 1.82) is 0 Å². The molecule has 1 aromatic carbocycles. The Kier molecular flexibility index (Phi) is 2.50. The Morgan fingerprint density at radius 3 is 3.00 bits per heavy atom. The second-order valence-electron chi connectivity index (χ2n) is 4.35. The van der Waals surface area contributed by atoms with Gasteiger partial charge in [0.25, 0.3) is 0 Å². The maximum absolute atomic E-state index is 3.33. The predicted molar refractivity (Wildman–Crippen MR) is 67.3 cm³/mol. The number of para-hydroxylation sites is 1. The number of benzene rings is 1. The molecule has 0 amide bonds. The van der Waals surface area contributed by atoms with E-state index in [1.54, 1.807) is 0 Å². The van der Waals surface area contributed by atoms with E-state index in [4.69, 9.17) is 0 Å². The van der Waals surface area contributed by atoms with Gasteiger partial charge in [0, 0.05) is 36.7 Å². The van der Waals surface area contributed by atoms with Gasteiger partial charge in [-0.3, -0.25) is 4.90 Å². The van der Waals surface area contributed by atoms with Crippen LogP contribution in [0, 0.1) is 0 Å². The molecule has 0 bridgehead atoms. The Morgan fingerprint density at radius 2 is 2.12 bits per heavy atom. The Bertz CT molecular complexity index is 510. The van der Waals surface area contributed by atoms with E-state index in [9.17, 15) is 0 Å². The number of rotatable bonds is 2. The minimum Gasteiger partial charge on any atom is -0.361 e. The number of aromatic nitrogens is 1. The summed E-state index contributed by atoms with van der Waals surface area (Å²) >= 11 is 0. The van der Waals surface area contributed by atoms with E-state index < -0.39 is 0 Å². The van der Waals surface area contributed by atoms with Gasteiger partial charge in [0.1, 0.15) is 0 Å². The van der Waals surface area contributed by atoms with Gasteiger partial charge in [0.2, 0.25) is 0 Å². The van der Waals surface area contributed by atoms with Crippen LogP contribution in [0.15, 0.2) is 42.6 Å². The lowest BCUT2D eigenvalue weighted by atomic mass is 10.1. The van der Waals surface area contributed by atoms with Gasteiger partial charge in [-0.15, -0.1) is 0 Å². The first-order valence-electron chi connectivity index (χ1n) is 5.86. The second-order valence-corrected chi connectivity index (χ2v) is 4.35. The van der Waals surface area contributed by atoms with Crippen molar-refractivity contribution >= 4 is 10.9 Å². The normalized spacial score (nSPS) is 17.0. The van der Waals surface area contributed by atoms with Crippen LogP contribution in [0.1, 0.15) is 12.0 Å². The van der Waals surface area contributed by atoms with Gasteiger partial charge in [-0.25, -0.2) is 0 Å². The Morgan fingerprint density at radius 1 is 1.19 bits per heavy atom. The fourth-order valence-electron chi connectivity index (χ4n) is 2.34. The number of fused-ring (bicyclic) bond motifs is 1. The maximum Gasteiger partial charge on any atom is 0.0457 e. The van der Waals surface area contributed by atoms with E-state index in [1.807, 2.05) is 0 Å². The molecule has 0 fully saturated rings. The molecular formula is C14H16N2. The lowest BCUT2D eigenvalue weighted by Gasteiger charge is -2.22. The molecule has 1 aliphatic heterocycles. The second kappa shape index (κ2) is 4.14. The van der Waals surface area contributed by atoms with Crippen LogP contribution >= 0.6 is 0 Å². The molecule has 0 radical (unpaired) electrons. The van der Waals surface area contributed by atoms with Crippen molar-refractivity contribution in [2.45, 2.75) is 13.0 Å². The maximum atomic E-state index is 3.33. The van der Waals surface area contributed by atoms with E-state index in [1.165, 1.54) is 29.4 Å². The van der Waals surface area contributed by atoms with Gasteiger partial charge < -0.3 is 4.98 Å². The molecule has 0 saturated heterocycles. The molecule has 0 unspecified atom stereocenters. The molecule has 1 aromatic heterocycles. The zero-order valence-corrected chi connectivity index (χ0v) is 9.32. The SMILES string of the molecule is C1=CCN(Cc2c[nH]c3ccccc23)CC1. The lowest BCUT2D eigenvalue weighted by Crippen LogP contribution is -2.26. The largest absolute Gasteiger partial charge is 0.361 e. The van der Waals surface area contributed by atoms with Crippen molar-refractivity contribution in [3.8, 4) is 0 Å².